The molecule has 7 heteroatoms. The molecule has 2 N–H and O–H groups in total. The molecule has 0 fully saturated rings. The fourth-order valence-corrected chi connectivity index (χ4v) is 3.73. The van der Waals surface area contributed by atoms with Crippen LogP contribution >= 0.6 is 0 Å². The lowest BCUT2D eigenvalue weighted by molar-refractivity contribution is -0.116. The Morgan fingerprint density at radius 3 is 2.35 bits per heavy atom. The summed E-state index contributed by atoms with van der Waals surface area (Å²) in [4.78, 5) is 12.3. The molecule has 2 rings (SSSR count). The lowest BCUT2D eigenvalue weighted by atomic mass is 10.1. The van der Waals surface area contributed by atoms with Gasteiger partial charge in [0.25, 0.3) is 0 Å². The predicted octanol–water partition coefficient (Wildman–Crippen LogP) is 2.95. The second-order valence-electron chi connectivity index (χ2n) is 6.16. The number of hydrogen-bond acceptors (Lipinski definition) is 4. The summed E-state index contributed by atoms with van der Waals surface area (Å²) in [6.07, 6.45) is 0.857. The van der Waals surface area contributed by atoms with Crippen LogP contribution in [0, 0.1) is 0 Å². The number of carbonyl (C=O) groups excluding carboxylic acids is 1. The number of ether oxygens (including phenoxy) is 1. The number of carbonyl (C=O) groups is 1. The van der Waals surface area contributed by atoms with Crippen molar-refractivity contribution in [2.75, 3.05) is 12.4 Å². The van der Waals surface area contributed by atoms with Crippen LogP contribution in [0.4, 0.5) is 5.69 Å². The normalized spacial score (nSPS) is 11.4. The average molecular weight is 376 g/mol. The van der Waals surface area contributed by atoms with E-state index in [2.05, 4.69) is 10.0 Å². The summed E-state index contributed by atoms with van der Waals surface area (Å²) in [5.41, 5.74) is 1.52. The Labute approximate surface area is 154 Å². The van der Waals surface area contributed by atoms with E-state index >= 15 is 0 Å². The Bertz CT molecular complexity index is 846. The van der Waals surface area contributed by atoms with Gasteiger partial charge in [0, 0.05) is 18.2 Å². The number of anilines is 1. The number of rotatable bonds is 8. The van der Waals surface area contributed by atoms with Gasteiger partial charge in [0.1, 0.15) is 5.75 Å². The van der Waals surface area contributed by atoms with Crippen LogP contribution in [0.3, 0.4) is 0 Å². The zero-order valence-corrected chi connectivity index (χ0v) is 16.0. The highest BCUT2D eigenvalue weighted by atomic mass is 32.2. The van der Waals surface area contributed by atoms with Crippen molar-refractivity contribution in [1.82, 2.24) is 4.72 Å². The molecule has 140 valence electrons. The quantitative estimate of drug-likeness (QED) is 0.742. The van der Waals surface area contributed by atoms with E-state index in [0.29, 0.717) is 18.5 Å². The third-order valence-corrected chi connectivity index (χ3v) is 5.33. The van der Waals surface area contributed by atoms with Gasteiger partial charge in [0.05, 0.1) is 12.0 Å². The third-order valence-electron chi connectivity index (χ3n) is 3.65. The van der Waals surface area contributed by atoms with Gasteiger partial charge in [-0.3, -0.25) is 4.79 Å². The van der Waals surface area contributed by atoms with Crippen molar-refractivity contribution in [3.8, 4) is 5.75 Å². The highest BCUT2D eigenvalue weighted by molar-refractivity contribution is 7.89. The van der Waals surface area contributed by atoms with Gasteiger partial charge in [-0.2, -0.15) is 0 Å². The minimum absolute atomic E-state index is 0.146. The van der Waals surface area contributed by atoms with Crippen LogP contribution in [0.25, 0.3) is 0 Å². The monoisotopic (exact) mass is 376 g/mol. The lowest BCUT2D eigenvalue weighted by Crippen LogP contribution is -2.30. The van der Waals surface area contributed by atoms with Gasteiger partial charge in [-0.15, -0.1) is 0 Å². The van der Waals surface area contributed by atoms with Crippen molar-refractivity contribution in [2.45, 2.75) is 37.6 Å². The summed E-state index contributed by atoms with van der Waals surface area (Å²) < 4.78 is 32.0. The highest BCUT2D eigenvalue weighted by Gasteiger charge is 2.15. The molecule has 0 spiro atoms. The Hall–Kier alpha value is -2.38. The molecule has 0 saturated carbocycles. The van der Waals surface area contributed by atoms with Crippen molar-refractivity contribution >= 4 is 21.6 Å². The molecule has 26 heavy (non-hydrogen) atoms. The van der Waals surface area contributed by atoms with Crippen LogP contribution in [0.1, 0.15) is 25.8 Å². The molecule has 0 bridgehead atoms. The molecule has 0 radical (unpaired) electrons. The van der Waals surface area contributed by atoms with Crippen molar-refractivity contribution in [1.29, 1.82) is 0 Å². The predicted molar refractivity (Wildman–Crippen MR) is 102 cm³/mol. The van der Waals surface area contributed by atoms with Crippen LogP contribution in [0.15, 0.2) is 53.4 Å². The number of methoxy groups -OCH3 is 1. The van der Waals surface area contributed by atoms with Gasteiger partial charge < -0.3 is 10.1 Å². The van der Waals surface area contributed by atoms with Crippen molar-refractivity contribution in [3.05, 3.63) is 54.1 Å². The maximum Gasteiger partial charge on any atom is 0.240 e. The van der Waals surface area contributed by atoms with E-state index in [4.69, 9.17) is 4.74 Å². The number of sulfonamides is 1. The Morgan fingerprint density at radius 1 is 1.08 bits per heavy atom. The minimum Gasteiger partial charge on any atom is -0.496 e. The SMILES string of the molecule is COc1ccccc1CCC(=O)Nc1ccc(S(=O)(=O)NC(C)C)cc1. The first-order valence-corrected chi connectivity index (χ1v) is 9.84. The van der Waals surface area contributed by atoms with Crippen LogP contribution in [0.2, 0.25) is 0 Å². The van der Waals surface area contributed by atoms with Crippen molar-refractivity contribution in [2.24, 2.45) is 0 Å². The molecule has 0 saturated heterocycles. The molecule has 0 aliphatic carbocycles. The van der Waals surface area contributed by atoms with E-state index in [1.165, 1.54) is 12.1 Å². The zero-order chi connectivity index (χ0) is 19.2. The number of nitrogens with one attached hydrogen (secondary N) is 2. The van der Waals surface area contributed by atoms with Crippen molar-refractivity contribution < 1.29 is 17.9 Å². The molecule has 2 aromatic rings. The van der Waals surface area contributed by atoms with E-state index in [-0.39, 0.29) is 16.8 Å². The Balaban J connectivity index is 1.95. The number of benzene rings is 2. The van der Waals surface area contributed by atoms with Crippen LogP contribution in [-0.2, 0) is 21.2 Å². The summed E-state index contributed by atoms with van der Waals surface area (Å²) in [5.74, 6) is 0.610. The molecule has 2 aromatic carbocycles. The van der Waals surface area contributed by atoms with Gasteiger partial charge in [0.2, 0.25) is 15.9 Å². The standard InChI is InChI=1S/C19H24N2O4S/c1-14(2)21-26(23,24)17-11-9-16(10-12-17)20-19(22)13-8-15-6-4-5-7-18(15)25-3/h4-7,9-12,14,21H,8,13H2,1-3H3,(H,20,22). The first-order valence-electron chi connectivity index (χ1n) is 8.36. The third kappa shape index (κ3) is 5.57. The smallest absolute Gasteiger partial charge is 0.240 e. The first kappa shape index (κ1) is 19.9. The summed E-state index contributed by atoms with van der Waals surface area (Å²) >= 11 is 0. The lowest BCUT2D eigenvalue weighted by Gasteiger charge is -2.11. The average Bonchev–Trinajstić information content (AvgIpc) is 2.59. The van der Waals surface area contributed by atoms with E-state index in [0.717, 1.165) is 11.3 Å². The summed E-state index contributed by atoms with van der Waals surface area (Å²) in [7, 11) is -1.94. The number of hydrogen-bond donors (Lipinski definition) is 2. The van der Waals surface area contributed by atoms with Gasteiger partial charge in [-0.25, -0.2) is 13.1 Å². The summed E-state index contributed by atoms with van der Waals surface area (Å²) in [6.45, 7) is 3.52. The van der Waals surface area contributed by atoms with Crippen LogP contribution in [-0.4, -0.2) is 27.5 Å². The topological polar surface area (TPSA) is 84.5 Å². The molecular weight excluding hydrogens is 352 g/mol. The second-order valence-corrected chi connectivity index (χ2v) is 7.87. The first-order chi connectivity index (χ1) is 12.3. The molecule has 0 heterocycles. The van der Waals surface area contributed by atoms with Gasteiger partial charge in [-0.1, -0.05) is 18.2 Å². The van der Waals surface area contributed by atoms with E-state index in [1.807, 2.05) is 24.3 Å². The maximum absolute atomic E-state index is 12.1. The molecule has 0 aromatic heterocycles. The van der Waals surface area contributed by atoms with Gasteiger partial charge in [-0.05, 0) is 56.2 Å². The fraction of sp³-hybridized carbons (Fsp3) is 0.316. The molecule has 0 aliphatic rings. The molecular formula is C19H24N2O4S. The number of para-hydroxylation sites is 1. The van der Waals surface area contributed by atoms with Gasteiger partial charge >= 0.3 is 0 Å². The molecule has 0 unspecified atom stereocenters. The molecule has 1 amide bonds. The van der Waals surface area contributed by atoms with Crippen molar-refractivity contribution in [3.63, 3.8) is 0 Å². The summed E-state index contributed by atoms with van der Waals surface area (Å²) in [6, 6.07) is 13.5. The molecule has 0 aliphatic heterocycles. The number of aryl methyl sites for hydroxylation is 1. The zero-order valence-electron chi connectivity index (χ0n) is 15.2. The van der Waals surface area contributed by atoms with E-state index < -0.39 is 10.0 Å². The van der Waals surface area contributed by atoms with Crippen LogP contribution < -0.4 is 14.8 Å². The Morgan fingerprint density at radius 2 is 1.73 bits per heavy atom. The van der Waals surface area contributed by atoms with E-state index in [1.54, 1.807) is 33.1 Å². The maximum atomic E-state index is 12.1. The second kappa shape index (κ2) is 8.82. The summed E-state index contributed by atoms with van der Waals surface area (Å²) in [5, 5.41) is 2.77. The molecule has 0 atom stereocenters. The van der Waals surface area contributed by atoms with Crippen LogP contribution in [0.5, 0.6) is 5.75 Å². The highest BCUT2D eigenvalue weighted by Crippen LogP contribution is 2.19. The minimum atomic E-state index is -3.54. The number of amides is 1. The van der Waals surface area contributed by atoms with Gasteiger partial charge in [0.15, 0.2) is 0 Å². The Kier molecular flexibility index (Phi) is 6.76. The fourth-order valence-electron chi connectivity index (χ4n) is 2.48. The van der Waals surface area contributed by atoms with E-state index in [9.17, 15) is 13.2 Å². The largest absolute Gasteiger partial charge is 0.496 e. The molecule has 6 nitrogen and oxygen atoms in total.